The number of unbranched alkanes of at least 4 members (excludes halogenated alkanes) is 1. The van der Waals surface area contributed by atoms with Crippen molar-refractivity contribution in [2.45, 2.75) is 59.0 Å². The van der Waals surface area contributed by atoms with Crippen LogP contribution in [0.5, 0.6) is 0 Å². The van der Waals surface area contributed by atoms with E-state index in [1.807, 2.05) is 39.0 Å². The number of rotatable bonds is 9. The second-order valence-electron chi connectivity index (χ2n) is 6.59. The van der Waals surface area contributed by atoms with E-state index in [0.717, 1.165) is 24.8 Å². The molecule has 0 radical (unpaired) electrons. The number of benzene rings is 1. The van der Waals surface area contributed by atoms with Crippen LogP contribution in [0.15, 0.2) is 24.3 Å². The molecule has 6 heteroatoms. The minimum atomic E-state index is -0.576. The molecule has 0 aliphatic heterocycles. The Labute approximate surface area is 157 Å². The first-order valence-electron chi connectivity index (χ1n) is 8.77. The summed E-state index contributed by atoms with van der Waals surface area (Å²) in [5.74, 6) is -0.402. The molecule has 0 fully saturated rings. The Hall–Kier alpha value is -1.59. The van der Waals surface area contributed by atoms with Gasteiger partial charge in [0.15, 0.2) is 0 Å². The largest absolute Gasteiger partial charge is 0.350 e. The van der Waals surface area contributed by atoms with Gasteiger partial charge in [-0.25, -0.2) is 0 Å². The lowest BCUT2D eigenvalue weighted by molar-refractivity contribution is -0.124. The first kappa shape index (κ1) is 23.4. The van der Waals surface area contributed by atoms with E-state index >= 15 is 0 Å². The smallest absolute Gasteiger partial charge is 0.252 e. The third-order valence-electron chi connectivity index (χ3n) is 4.16. The highest BCUT2D eigenvalue weighted by Crippen LogP contribution is 2.10. The molecule has 0 aliphatic rings. The van der Waals surface area contributed by atoms with Crippen LogP contribution < -0.4 is 16.4 Å². The van der Waals surface area contributed by atoms with Crippen molar-refractivity contribution in [3.05, 3.63) is 35.4 Å². The number of nitrogens with two attached hydrogens (primary N) is 1. The molecule has 0 saturated carbocycles. The van der Waals surface area contributed by atoms with Crippen molar-refractivity contribution in [1.82, 2.24) is 10.6 Å². The fourth-order valence-electron chi connectivity index (χ4n) is 2.57. The Balaban J connectivity index is 0.00000576. The predicted molar refractivity (Wildman–Crippen MR) is 105 cm³/mol. The minimum absolute atomic E-state index is 0. The summed E-state index contributed by atoms with van der Waals surface area (Å²) >= 11 is 0. The Morgan fingerprint density at radius 3 is 2.32 bits per heavy atom. The van der Waals surface area contributed by atoms with E-state index in [4.69, 9.17) is 5.73 Å². The van der Waals surface area contributed by atoms with E-state index in [1.54, 1.807) is 6.07 Å². The minimum Gasteiger partial charge on any atom is -0.350 e. The van der Waals surface area contributed by atoms with Crippen LogP contribution in [0.1, 0.15) is 56.0 Å². The summed E-state index contributed by atoms with van der Waals surface area (Å²) in [5, 5.41) is 5.84. The van der Waals surface area contributed by atoms with Crippen molar-refractivity contribution in [2.75, 3.05) is 6.54 Å². The van der Waals surface area contributed by atoms with Crippen molar-refractivity contribution >= 4 is 24.2 Å². The van der Waals surface area contributed by atoms with Crippen LogP contribution in [-0.4, -0.2) is 30.4 Å². The molecule has 0 bridgehead atoms. The van der Waals surface area contributed by atoms with E-state index in [0.29, 0.717) is 12.1 Å². The number of carbonyl (C=O) groups excluding carboxylic acids is 2. The normalized spacial score (nSPS) is 12.9. The topological polar surface area (TPSA) is 84.2 Å². The molecule has 1 rings (SSSR count). The van der Waals surface area contributed by atoms with Gasteiger partial charge in [0.25, 0.3) is 5.91 Å². The lowest BCUT2D eigenvalue weighted by atomic mass is 10.0. The fourth-order valence-corrected chi connectivity index (χ4v) is 2.57. The molecular weight excluding hydrogens is 338 g/mol. The first-order chi connectivity index (χ1) is 11.4. The van der Waals surface area contributed by atoms with E-state index in [1.165, 1.54) is 0 Å². The average molecular weight is 370 g/mol. The zero-order valence-electron chi connectivity index (χ0n) is 15.7. The van der Waals surface area contributed by atoms with Crippen molar-refractivity contribution in [3.63, 3.8) is 0 Å². The van der Waals surface area contributed by atoms with Crippen LogP contribution in [0, 0.1) is 12.8 Å². The first-order valence-corrected chi connectivity index (χ1v) is 8.77. The number of hydrogen-bond donors (Lipinski definition) is 3. The molecule has 1 aromatic carbocycles. The Kier molecular flexibility index (Phi) is 11.1. The maximum atomic E-state index is 12.6. The molecule has 142 valence electrons. The summed E-state index contributed by atoms with van der Waals surface area (Å²) in [7, 11) is 0. The van der Waals surface area contributed by atoms with Crippen LogP contribution in [-0.2, 0) is 4.79 Å². The monoisotopic (exact) mass is 369 g/mol. The number of aryl methyl sites for hydroxylation is 1. The maximum Gasteiger partial charge on any atom is 0.252 e. The summed E-state index contributed by atoms with van der Waals surface area (Å²) in [4.78, 5) is 25.1. The molecule has 0 heterocycles. The van der Waals surface area contributed by atoms with Crippen molar-refractivity contribution in [1.29, 1.82) is 0 Å². The van der Waals surface area contributed by atoms with E-state index in [-0.39, 0.29) is 36.2 Å². The molecule has 2 atom stereocenters. The predicted octanol–water partition coefficient (Wildman–Crippen LogP) is 2.80. The lowest BCUT2D eigenvalue weighted by Gasteiger charge is -2.25. The molecule has 0 spiro atoms. The van der Waals surface area contributed by atoms with Gasteiger partial charge in [0.05, 0.1) is 0 Å². The zero-order valence-corrected chi connectivity index (χ0v) is 16.5. The lowest BCUT2D eigenvalue weighted by Crippen LogP contribution is -2.53. The van der Waals surface area contributed by atoms with Gasteiger partial charge in [0.1, 0.15) is 6.04 Å². The number of nitrogens with one attached hydrogen (secondary N) is 2. The third-order valence-corrected chi connectivity index (χ3v) is 4.16. The van der Waals surface area contributed by atoms with Gasteiger partial charge in [-0.15, -0.1) is 12.4 Å². The standard InChI is InChI=1S/C19H31N3O2.ClH/c1-5-6-10-15(12-20)21-19(24)17(13(2)3)22-18(23)16-11-8-7-9-14(16)4;/h7-9,11,13,15,17H,5-6,10,12,20H2,1-4H3,(H,21,24)(H,22,23);1H. The molecule has 2 amide bonds. The zero-order chi connectivity index (χ0) is 18.1. The van der Waals surface area contributed by atoms with Gasteiger partial charge in [-0.05, 0) is 30.9 Å². The fraction of sp³-hybridized carbons (Fsp3) is 0.579. The van der Waals surface area contributed by atoms with Crippen molar-refractivity contribution in [3.8, 4) is 0 Å². The Morgan fingerprint density at radius 1 is 1.16 bits per heavy atom. The van der Waals surface area contributed by atoms with Gasteiger partial charge in [-0.3, -0.25) is 9.59 Å². The number of hydrogen-bond acceptors (Lipinski definition) is 3. The quantitative estimate of drug-likeness (QED) is 0.625. The van der Waals surface area contributed by atoms with Crippen LogP contribution in [0.4, 0.5) is 0 Å². The summed E-state index contributed by atoms with van der Waals surface area (Å²) in [6, 6.07) is 6.74. The molecule has 2 unspecified atom stereocenters. The van der Waals surface area contributed by atoms with Gasteiger partial charge < -0.3 is 16.4 Å². The van der Waals surface area contributed by atoms with Gasteiger partial charge >= 0.3 is 0 Å². The molecule has 25 heavy (non-hydrogen) atoms. The summed E-state index contributed by atoms with van der Waals surface area (Å²) in [6.07, 6.45) is 2.93. The number of halogens is 1. The molecule has 0 aromatic heterocycles. The van der Waals surface area contributed by atoms with Crippen molar-refractivity contribution < 1.29 is 9.59 Å². The molecule has 5 nitrogen and oxygen atoms in total. The van der Waals surface area contributed by atoms with Crippen molar-refractivity contribution in [2.24, 2.45) is 11.7 Å². The third kappa shape index (κ3) is 7.45. The SMILES string of the molecule is CCCCC(CN)NC(=O)C(NC(=O)c1ccccc1C)C(C)C.Cl. The Bertz CT molecular complexity index is 549. The van der Waals surface area contributed by atoms with E-state index in [9.17, 15) is 9.59 Å². The molecule has 0 aliphatic carbocycles. The van der Waals surface area contributed by atoms with Gasteiger partial charge in [-0.2, -0.15) is 0 Å². The highest BCUT2D eigenvalue weighted by Gasteiger charge is 2.26. The van der Waals surface area contributed by atoms with E-state index in [2.05, 4.69) is 17.6 Å². The van der Waals surface area contributed by atoms with Gasteiger partial charge in [0, 0.05) is 18.2 Å². The second-order valence-corrected chi connectivity index (χ2v) is 6.59. The van der Waals surface area contributed by atoms with Crippen LogP contribution in [0.25, 0.3) is 0 Å². The molecule has 4 N–H and O–H groups in total. The van der Waals surface area contributed by atoms with E-state index < -0.39 is 6.04 Å². The van der Waals surface area contributed by atoms with Gasteiger partial charge in [0.2, 0.25) is 5.91 Å². The summed E-state index contributed by atoms with van der Waals surface area (Å²) < 4.78 is 0. The molecular formula is C19H32ClN3O2. The summed E-state index contributed by atoms with van der Waals surface area (Å²) in [6.45, 7) is 8.24. The summed E-state index contributed by atoms with van der Waals surface area (Å²) in [5.41, 5.74) is 7.23. The highest BCUT2D eigenvalue weighted by molar-refractivity contribution is 5.98. The second kappa shape index (κ2) is 11.9. The molecule has 1 aromatic rings. The number of carbonyl (C=O) groups is 2. The number of amides is 2. The highest BCUT2D eigenvalue weighted by atomic mass is 35.5. The average Bonchev–Trinajstić information content (AvgIpc) is 2.56. The van der Waals surface area contributed by atoms with Crippen LogP contribution in [0.3, 0.4) is 0 Å². The molecule has 0 saturated heterocycles. The maximum absolute atomic E-state index is 12.6. The van der Waals surface area contributed by atoms with Crippen LogP contribution in [0.2, 0.25) is 0 Å². The Morgan fingerprint density at radius 2 is 1.80 bits per heavy atom. The van der Waals surface area contributed by atoms with Crippen LogP contribution >= 0.6 is 12.4 Å². The van der Waals surface area contributed by atoms with Gasteiger partial charge in [-0.1, -0.05) is 51.8 Å².